The van der Waals surface area contributed by atoms with Crippen molar-refractivity contribution in [3.8, 4) is 11.1 Å². The van der Waals surface area contributed by atoms with Gasteiger partial charge < -0.3 is 14.6 Å². The fourth-order valence-electron chi connectivity index (χ4n) is 4.43. The van der Waals surface area contributed by atoms with Gasteiger partial charge in [-0.1, -0.05) is 30.3 Å². The number of furan rings is 1. The summed E-state index contributed by atoms with van der Waals surface area (Å²) in [4.78, 5) is 35.8. The Morgan fingerprint density at radius 1 is 1.03 bits per heavy atom. The lowest BCUT2D eigenvalue weighted by atomic mass is 10.1. The molecule has 0 spiro atoms. The van der Waals surface area contributed by atoms with Crippen molar-refractivity contribution >= 4 is 22.8 Å². The highest BCUT2D eigenvalue weighted by Gasteiger charge is 2.34. The second-order valence-electron chi connectivity index (χ2n) is 8.19. The average Bonchev–Trinajstić information content (AvgIpc) is 3.49. The summed E-state index contributed by atoms with van der Waals surface area (Å²) in [6.45, 7) is 2.61. The van der Waals surface area contributed by atoms with E-state index in [1.54, 1.807) is 25.5 Å². The van der Waals surface area contributed by atoms with Gasteiger partial charge in [-0.05, 0) is 38.0 Å². The lowest BCUT2D eigenvalue weighted by Gasteiger charge is -2.23. The molecule has 1 atom stereocenters. The number of benzene rings is 1. The summed E-state index contributed by atoms with van der Waals surface area (Å²) >= 11 is 0. The maximum atomic E-state index is 13.4. The van der Waals surface area contributed by atoms with Crippen LogP contribution in [0.25, 0.3) is 22.1 Å². The minimum absolute atomic E-state index is 0.0899. The van der Waals surface area contributed by atoms with Crippen LogP contribution in [0, 0.1) is 6.92 Å². The number of para-hydroxylation sites is 1. The summed E-state index contributed by atoms with van der Waals surface area (Å²) < 4.78 is 5.92. The Bertz CT molecular complexity index is 1330. The quantitative estimate of drug-likeness (QED) is 0.504. The Morgan fingerprint density at radius 2 is 1.79 bits per heavy atom. The van der Waals surface area contributed by atoms with E-state index in [9.17, 15) is 9.59 Å². The van der Waals surface area contributed by atoms with E-state index in [1.165, 1.54) is 0 Å². The molecule has 4 aromatic rings. The van der Waals surface area contributed by atoms with Crippen molar-refractivity contribution in [1.29, 1.82) is 0 Å². The highest BCUT2D eigenvalue weighted by Crippen LogP contribution is 2.35. The summed E-state index contributed by atoms with van der Waals surface area (Å²) in [5.74, 6) is 0.0915. The number of carbonyl (C=O) groups is 2. The van der Waals surface area contributed by atoms with Crippen LogP contribution in [0.1, 0.15) is 51.2 Å². The third kappa shape index (κ3) is 3.75. The standard InChI is InChI=1S/C26H24N4O3/c1-16-19-6-3-4-8-23(19)33-24(16)26(32)30-13-5-7-22(30)20-11-9-17(14-28-20)18-10-12-21(29-15-18)25(31)27-2/h3-4,6,8-12,14-15,22H,5,7,13H2,1-2H3,(H,27,31)/t22-/m0/s1. The van der Waals surface area contributed by atoms with Gasteiger partial charge in [-0.3, -0.25) is 19.6 Å². The number of nitrogens with one attached hydrogen (secondary N) is 1. The van der Waals surface area contributed by atoms with Gasteiger partial charge in [-0.15, -0.1) is 0 Å². The largest absolute Gasteiger partial charge is 0.451 e. The zero-order valence-electron chi connectivity index (χ0n) is 18.5. The molecule has 0 radical (unpaired) electrons. The molecule has 1 N–H and O–H groups in total. The molecule has 4 heterocycles. The predicted octanol–water partition coefficient (Wildman–Crippen LogP) is 4.54. The second-order valence-corrected chi connectivity index (χ2v) is 8.19. The number of pyridine rings is 2. The lowest BCUT2D eigenvalue weighted by Crippen LogP contribution is -2.31. The van der Waals surface area contributed by atoms with Gasteiger partial charge in [0.1, 0.15) is 11.3 Å². The highest BCUT2D eigenvalue weighted by atomic mass is 16.3. The van der Waals surface area contributed by atoms with Crippen molar-refractivity contribution < 1.29 is 14.0 Å². The predicted molar refractivity (Wildman–Crippen MR) is 125 cm³/mol. The van der Waals surface area contributed by atoms with Crippen LogP contribution in [0.3, 0.4) is 0 Å². The van der Waals surface area contributed by atoms with Crippen molar-refractivity contribution in [3.05, 3.63) is 83.6 Å². The smallest absolute Gasteiger partial charge is 0.290 e. The molecule has 1 saturated heterocycles. The fourth-order valence-corrected chi connectivity index (χ4v) is 4.43. The van der Waals surface area contributed by atoms with E-state index in [4.69, 9.17) is 4.42 Å². The van der Waals surface area contributed by atoms with Crippen LogP contribution in [0.5, 0.6) is 0 Å². The summed E-state index contributed by atoms with van der Waals surface area (Å²) in [7, 11) is 1.58. The summed E-state index contributed by atoms with van der Waals surface area (Å²) in [5, 5.41) is 3.53. The maximum Gasteiger partial charge on any atom is 0.290 e. The number of aromatic nitrogens is 2. The number of rotatable bonds is 4. The molecule has 0 bridgehead atoms. The van der Waals surface area contributed by atoms with Crippen LogP contribution in [-0.4, -0.2) is 40.3 Å². The Balaban J connectivity index is 1.38. The zero-order valence-corrected chi connectivity index (χ0v) is 18.5. The van der Waals surface area contributed by atoms with E-state index in [-0.39, 0.29) is 17.9 Å². The molecular formula is C26H24N4O3. The zero-order chi connectivity index (χ0) is 22.9. The number of aryl methyl sites for hydroxylation is 1. The third-order valence-electron chi connectivity index (χ3n) is 6.24. The topological polar surface area (TPSA) is 88.3 Å². The summed E-state index contributed by atoms with van der Waals surface area (Å²) in [5.41, 5.74) is 4.60. The van der Waals surface area contributed by atoms with Crippen LogP contribution in [0.2, 0.25) is 0 Å². The minimum Gasteiger partial charge on any atom is -0.451 e. The first kappa shape index (κ1) is 20.9. The van der Waals surface area contributed by atoms with Crippen molar-refractivity contribution in [1.82, 2.24) is 20.2 Å². The molecule has 1 fully saturated rings. The lowest BCUT2D eigenvalue weighted by molar-refractivity contribution is 0.0701. The summed E-state index contributed by atoms with van der Waals surface area (Å²) in [6.07, 6.45) is 5.24. The molecule has 7 heteroatoms. The number of hydrogen-bond donors (Lipinski definition) is 1. The fraction of sp³-hybridized carbons (Fsp3) is 0.231. The molecule has 5 rings (SSSR count). The van der Waals surface area contributed by atoms with Crippen molar-refractivity contribution in [2.24, 2.45) is 0 Å². The van der Waals surface area contributed by atoms with Gasteiger partial charge in [-0.2, -0.15) is 0 Å². The third-order valence-corrected chi connectivity index (χ3v) is 6.24. The SMILES string of the molecule is CNC(=O)c1ccc(-c2ccc([C@@H]3CCCN3C(=O)c3oc4ccccc4c3C)nc2)cn1. The molecular weight excluding hydrogens is 416 g/mol. The van der Waals surface area contributed by atoms with Gasteiger partial charge in [0.15, 0.2) is 5.76 Å². The monoisotopic (exact) mass is 440 g/mol. The first-order valence-electron chi connectivity index (χ1n) is 11.0. The van der Waals surface area contributed by atoms with Crippen LogP contribution in [0.4, 0.5) is 0 Å². The van der Waals surface area contributed by atoms with Crippen LogP contribution in [-0.2, 0) is 0 Å². The first-order valence-corrected chi connectivity index (χ1v) is 11.0. The maximum absolute atomic E-state index is 13.4. The molecule has 0 unspecified atom stereocenters. The van der Waals surface area contributed by atoms with Crippen molar-refractivity contribution in [2.75, 3.05) is 13.6 Å². The first-order chi connectivity index (χ1) is 16.1. The summed E-state index contributed by atoms with van der Waals surface area (Å²) in [6, 6.07) is 15.1. The highest BCUT2D eigenvalue weighted by molar-refractivity contribution is 5.99. The van der Waals surface area contributed by atoms with Crippen molar-refractivity contribution in [3.63, 3.8) is 0 Å². The molecule has 2 amide bonds. The second kappa shape index (κ2) is 8.50. The molecule has 1 aliphatic heterocycles. The number of likely N-dealkylation sites (tertiary alicyclic amines) is 1. The molecule has 1 aliphatic rings. The van der Waals surface area contributed by atoms with Gasteiger partial charge in [0.2, 0.25) is 0 Å². The number of fused-ring (bicyclic) bond motifs is 1. The van der Waals surface area contributed by atoms with E-state index in [1.807, 2.05) is 54.3 Å². The number of amides is 2. The number of carbonyl (C=O) groups excluding carboxylic acids is 2. The van der Waals surface area contributed by atoms with Crippen LogP contribution in [0.15, 0.2) is 65.3 Å². The van der Waals surface area contributed by atoms with Crippen LogP contribution < -0.4 is 5.32 Å². The van der Waals surface area contributed by atoms with E-state index in [2.05, 4.69) is 15.3 Å². The van der Waals surface area contributed by atoms with Gasteiger partial charge >= 0.3 is 0 Å². The van der Waals surface area contributed by atoms with Gasteiger partial charge in [0.25, 0.3) is 11.8 Å². The Kier molecular flexibility index (Phi) is 5.38. The molecule has 0 saturated carbocycles. The van der Waals surface area contributed by atoms with Crippen LogP contribution >= 0.6 is 0 Å². The van der Waals surface area contributed by atoms with E-state index >= 15 is 0 Å². The molecule has 7 nitrogen and oxygen atoms in total. The molecule has 1 aromatic carbocycles. The Hall–Kier alpha value is -4.00. The van der Waals surface area contributed by atoms with Crippen molar-refractivity contribution in [2.45, 2.75) is 25.8 Å². The van der Waals surface area contributed by atoms with Gasteiger partial charge in [0, 0.05) is 48.1 Å². The Labute approximate surface area is 191 Å². The van der Waals surface area contributed by atoms with Gasteiger partial charge in [0.05, 0.1) is 11.7 Å². The van der Waals surface area contributed by atoms with E-state index < -0.39 is 0 Å². The Morgan fingerprint density at radius 3 is 2.45 bits per heavy atom. The van der Waals surface area contributed by atoms with E-state index in [0.717, 1.165) is 46.2 Å². The van der Waals surface area contributed by atoms with Gasteiger partial charge in [-0.25, -0.2) is 0 Å². The normalized spacial score (nSPS) is 15.7. The molecule has 0 aliphatic carbocycles. The minimum atomic E-state index is -0.222. The van der Waals surface area contributed by atoms with E-state index in [0.29, 0.717) is 18.0 Å². The average molecular weight is 441 g/mol. The molecule has 33 heavy (non-hydrogen) atoms. The number of nitrogens with zero attached hydrogens (tertiary/aromatic N) is 3. The number of hydrogen-bond acceptors (Lipinski definition) is 5. The molecule has 3 aromatic heterocycles. The molecule has 166 valence electrons.